The van der Waals surface area contributed by atoms with Gasteiger partial charge >= 0.3 is 13.2 Å². The third-order valence-corrected chi connectivity index (χ3v) is 7.05. The van der Waals surface area contributed by atoms with Crippen molar-refractivity contribution in [3.63, 3.8) is 0 Å². The van der Waals surface area contributed by atoms with Gasteiger partial charge in [0.05, 0.1) is 22.2 Å². The van der Waals surface area contributed by atoms with Crippen LogP contribution in [0, 0.1) is 0 Å². The zero-order valence-corrected chi connectivity index (χ0v) is 21.3. The zero-order valence-electron chi connectivity index (χ0n) is 20.5. The Morgan fingerprint density at radius 1 is 1.09 bits per heavy atom. The molecule has 0 N–H and O–H groups in total. The normalized spacial score (nSPS) is 24.8. The molecule has 0 aliphatic carbocycles. The molecule has 2 fully saturated rings. The van der Waals surface area contributed by atoms with Gasteiger partial charge in [-0.3, -0.25) is 4.98 Å². The lowest BCUT2D eigenvalue weighted by atomic mass is 9.61. The molecular formula is C24H33BClN3O4. The third kappa shape index (κ3) is 4.98. The van der Waals surface area contributed by atoms with Crippen molar-refractivity contribution in [2.75, 3.05) is 13.1 Å². The Labute approximate surface area is 201 Å². The highest BCUT2D eigenvalue weighted by Gasteiger charge is 2.56. The first-order valence-electron chi connectivity index (χ1n) is 11.5. The van der Waals surface area contributed by atoms with Crippen molar-refractivity contribution in [3.05, 3.63) is 35.1 Å². The first-order chi connectivity index (χ1) is 15.3. The second-order valence-electron chi connectivity index (χ2n) is 11.0. The summed E-state index contributed by atoms with van der Waals surface area (Å²) < 4.78 is 18.5. The minimum Gasteiger partial charge on any atom is -0.444 e. The van der Waals surface area contributed by atoms with Gasteiger partial charge in [-0.25, -0.2) is 9.78 Å². The van der Waals surface area contributed by atoms with Gasteiger partial charge in [-0.1, -0.05) is 11.6 Å². The molecule has 4 heterocycles. The topological polar surface area (TPSA) is 73.8 Å². The van der Waals surface area contributed by atoms with E-state index < -0.39 is 23.9 Å². The van der Waals surface area contributed by atoms with Crippen molar-refractivity contribution in [2.45, 2.75) is 83.4 Å². The third-order valence-electron chi connectivity index (χ3n) is 6.84. The number of piperidine rings is 1. The summed E-state index contributed by atoms with van der Waals surface area (Å²) in [7, 11) is -0.467. The summed E-state index contributed by atoms with van der Waals surface area (Å²) in [6.45, 7) is 14.8. The van der Waals surface area contributed by atoms with Crippen molar-refractivity contribution in [3.8, 4) is 0 Å². The summed E-state index contributed by atoms with van der Waals surface area (Å²) in [6, 6.07) is 7.58. The lowest BCUT2D eigenvalue weighted by Gasteiger charge is -2.39. The number of hydrogen-bond acceptors (Lipinski definition) is 6. The van der Waals surface area contributed by atoms with Gasteiger partial charge in [0.25, 0.3) is 0 Å². The van der Waals surface area contributed by atoms with E-state index in [2.05, 4.69) is 4.98 Å². The molecule has 1 amide bonds. The van der Waals surface area contributed by atoms with Crippen LogP contribution in [0.25, 0.3) is 11.0 Å². The zero-order chi connectivity index (χ0) is 24.2. The molecule has 2 atom stereocenters. The Balaban J connectivity index is 1.65. The minimum absolute atomic E-state index is 0.0541. The number of amides is 1. The molecule has 2 saturated heterocycles. The average Bonchev–Trinajstić information content (AvgIpc) is 2.93. The van der Waals surface area contributed by atoms with Crippen molar-refractivity contribution in [2.24, 2.45) is 0 Å². The van der Waals surface area contributed by atoms with E-state index in [4.69, 9.17) is 30.6 Å². The van der Waals surface area contributed by atoms with Crippen LogP contribution in [0.3, 0.4) is 0 Å². The van der Waals surface area contributed by atoms with Crippen LogP contribution in [0.4, 0.5) is 4.79 Å². The van der Waals surface area contributed by atoms with Gasteiger partial charge in [0, 0.05) is 30.5 Å². The standard InChI is InChI=1S/C24H33BClN3O4/c1-22(2,3)31-21(30)29-13-12-15(16(14-29)25-32-23(4,5)24(6,7)33-25)17-8-9-19-18(27-17)10-11-20(26)28-19/h8-11,15-16H,12-14H2,1-7H3/t15?,16-/m1/s1. The van der Waals surface area contributed by atoms with E-state index in [0.29, 0.717) is 18.2 Å². The number of rotatable bonds is 2. The molecule has 2 aliphatic rings. The van der Waals surface area contributed by atoms with E-state index in [1.807, 2.05) is 66.7 Å². The van der Waals surface area contributed by atoms with Crippen molar-refractivity contribution >= 4 is 35.8 Å². The molecular weight excluding hydrogens is 441 g/mol. The molecule has 7 nitrogen and oxygen atoms in total. The summed E-state index contributed by atoms with van der Waals surface area (Å²) in [4.78, 5) is 23.9. The molecule has 2 aromatic rings. The molecule has 2 aromatic heterocycles. The molecule has 4 rings (SSSR count). The molecule has 0 saturated carbocycles. The van der Waals surface area contributed by atoms with Crippen LogP contribution in [-0.2, 0) is 14.0 Å². The Bertz CT molecular complexity index is 1040. The van der Waals surface area contributed by atoms with Crippen LogP contribution in [0.15, 0.2) is 24.3 Å². The Morgan fingerprint density at radius 2 is 1.70 bits per heavy atom. The monoisotopic (exact) mass is 473 g/mol. The van der Waals surface area contributed by atoms with Gasteiger partial charge in [0.15, 0.2) is 0 Å². The number of likely N-dealkylation sites (tertiary alicyclic amines) is 1. The SMILES string of the molecule is CC(C)(C)OC(=O)N1CCC(c2ccc3nc(Cl)ccc3n2)[C@H](B2OC(C)(C)C(C)(C)O2)C1. The predicted octanol–water partition coefficient (Wildman–Crippen LogP) is 5.47. The molecule has 178 valence electrons. The number of nitrogens with zero attached hydrogens (tertiary/aromatic N) is 3. The number of carbonyl (C=O) groups is 1. The van der Waals surface area contributed by atoms with Gasteiger partial charge in [0.2, 0.25) is 0 Å². The quantitative estimate of drug-likeness (QED) is 0.425. The van der Waals surface area contributed by atoms with Crippen LogP contribution in [0.2, 0.25) is 11.0 Å². The predicted molar refractivity (Wildman–Crippen MR) is 130 cm³/mol. The van der Waals surface area contributed by atoms with E-state index in [1.54, 1.807) is 11.0 Å². The Kier molecular flexibility index (Phi) is 6.17. The van der Waals surface area contributed by atoms with Gasteiger partial charge < -0.3 is 18.9 Å². The Hall–Kier alpha value is -1.90. The number of halogens is 1. The summed E-state index contributed by atoms with van der Waals surface area (Å²) in [5.74, 6) is -0.0454. The van der Waals surface area contributed by atoms with Crippen LogP contribution in [-0.4, -0.2) is 58.0 Å². The minimum atomic E-state index is -0.554. The first-order valence-corrected chi connectivity index (χ1v) is 11.9. The molecule has 0 spiro atoms. The largest absolute Gasteiger partial charge is 0.463 e. The van der Waals surface area contributed by atoms with Crippen LogP contribution < -0.4 is 0 Å². The molecule has 0 radical (unpaired) electrons. The summed E-state index contributed by atoms with van der Waals surface area (Å²) in [5.41, 5.74) is 1.00. The van der Waals surface area contributed by atoms with E-state index >= 15 is 0 Å². The van der Waals surface area contributed by atoms with Crippen molar-refractivity contribution in [1.82, 2.24) is 14.9 Å². The van der Waals surface area contributed by atoms with Crippen LogP contribution in [0.5, 0.6) is 0 Å². The lowest BCUT2D eigenvalue weighted by molar-refractivity contribution is 0.00578. The van der Waals surface area contributed by atoms with E-state index in [-0.39, 0.29) is 17.8 Å². The highest BCUT2D eigenvalue weighted by molar-refractivity contribution is 6.48. The number of ether oxygens (including phenoxy) is 1. The number of pyridine rings is 2. The smallest absolute Gasteiger partial charge is 0.444 e. The second-order valence-corrected chi connectivity index (χ2v) is 11.4. The Morgan fingerprint density at radius 3 is 2.33 bits per heavy atom. The van der Waals surface area contributed by atoms with Crippen molar-refractivity contribution < 1.29 is 18.8 Å². The summed E-state index contributed by atoms with van der Waals surface area (Å²) >= 11 is 6.04. The number of fused-ring (bicyclic) bond motifs is 1. The highest BCUT2D eigenvalue weighted by Crippen LogP contribution is 2.47. The fourth-order valence-corrected chi connectivity index (χ4v) is 4.54. The van der Waals surface area contributed by atoms with Gasteiger partial charge in [-0.2, -0.15) is 0 Å². The fraction of sp³-hybridized carbons (Fsp3) is 0.625. The number of aromatic nitrogens is 2. The lowest BCUT2D eigenvalue weighted by Crippen LogP contribution is -2.48. The van der Waals surface area contributed by atoms with Crippen LogP contribution >= 0.6 is 11.6 Å². The average molecular weight is 474 g/mol. The molecule has 33 heavy (non-hydrogen) atoms. The number of carbonyl (C=O) groups excluding carboxylic acids is 1. The maximum absolute atomic E-state index is 12.9. The maximum Gasteiger partial charge on any atom is 0.463 e. The van der Waals surface area contributed by atoms with E-state index in [0.717, 1.165) is 23.1 Å². The highest BCUT2D eigenvalue weighted by atomic mass is 35.5. The molecule has 9 heteroatoms. The second kappa shape index (κ2) is 8.40. The van der Waals surface area contributed by atoms with E-state index in [9.17, 15) is 4.79 Å². The summed E-state index contributed by atoms with van der Waals surface area (Å²) in [5, 5.41) is 0.442. The molecule has 0 bridgehead atoms. The van der Waals surface area contributed by atoms with E-state index in [1.165, 1.54) is 0 Å². The van der Waals surface area contributed by atoms with Crippen molar-refractivity contribution in [1.29, 1.82) is 0 Å². The fourth-order valence-electron chi connectivity index (χ4n) is 4.39. The molecule has 0 aromatic carbocycles. The maximum atomic E-state index is 12.9. The summed E-state index contributed by atoms with van der Waals surface area (Å²) in [6.07, 6.45) is 0.417. The van der Waals surface area contributed by atoms with Crippen LogP contribution in [0.1, 0.15) is 66.5 Å². The molecule has 2 aliphatic heterocycles. The molecule has 1 unspecified atom stereocenters. The van der Waals surface area contributed by atoms with Gasteiger partial charge in [-0.15, -0.1) is 0 Å². The van der Waals surface area contributed by atoms with Gasteiger partial charge in [0.1, 0.15) is 10.8 Å². The van der Waals surface area contributed by atoms with Gasteiger partial charge in [-0.05, 0) is 79.2 Å². The number of hydrogen-bond donors (Lipinski definition) is 0. The first kappa shape index (κ1) is 24.2.